The summed E-state index contributed by atoms with van der Waals surface area (Å²) >= 11 is 0. The average Bonchev–Trinajstić information content (AvgIpc) is 3.08. The molecule has 3 N–H and O–H groups in total. The zero-order valence-electron chi connectivity index (χ0n) is 16.4. The van der Waals surface area contributed by atoms with Crippen molar-refractivity contribution in [3.05, 3.63) is 47.5 Å². The van der Waals surface area contributed by atoms with Crippen molar-refractivity contribution < 1.29 is 17.6 Å². The summed E-state index contributed by atoms with van der Waals surface area (Å²) in [5.41, 5.74) is 6.13. The number of aliphatic imine (C=N–C) groups is 1. The fraction of sp³-hybridized carbons (Fsp3) is 0.389. The van der Waals surface area contributed by atoms with Gasteiger partial charge in [0.05, 0.1) is 5.25 Å². The molecule has 0 saturated carbocycles. The average molecular weight is 409 g/mol. The Balaban J connectivity index is 2.38. The van der Waals surface area contributed by atoms with E-state index < -0.39 is 31.6 Å². The molecule has 8 nitrogen and oxygen atoms in total. The second-order valence-electron chi connectivity index (χ2n) is 6.87. The lowest BCUT2D eigenvalue weighted by atomic mass is 10.1. The number of aromatic nitrogens is 2. The van der Waals surface area contributed by atoms with E-state index in [0.29, 0.717) is 0 Å². The molecule has 10 heteroatoms. The number of hydrogen-bond acceptors (Lipinski definition) is 5. The summed E-state index contributed by atoms with van der Waals surface area (Å²) in [5, 5.41) is 5.37. The van der Waals surface area contributed by atoms with Crippen molar-refractivity contribution in [2.24, 2.45) is 17.8 Å². The maximum atomic E-state index is 14.4. The first kappa shape index (κ1) is 21.5. The lowest BCUT2D eigenvalue weighted by Crippen LogP contribution is -2.47. The predicted octanol–water partition coefficient (Wildman–Crippen LogP) is 2.05. The van der Waals surface area contributed by atoms with Gasteiger partial charge in [-0.1, -0.05) is 0 Å². The second kappa shape index (κ2) is 7.70. The Labute approximate surface area is 163 Å². The third kappa shape index (κ3) is 3.91. The highest BCUT2D eigenvalue weighted by atomic mass is 32.2. The summed E-state index contributed by atoms with van der Waals surface area (Å²) in [6, 6.07) is 5.29. The number of nitrogens with zero attached hydrogens (tertiary/aromatic N) is 3. The minimum Gasteiger partial charge on any atom is -0.386 e. The van der Waals surface area contributed by atoms with Gasteiger partial charge in [0.1, 0.15) is 16.4 Å². The fourth-order valence-corrected chi connectivity index (χ4v) is 4.47. The van der Waals surface area contributed by atoms with E-state index in [1.54, 1.807) is 13.2 Å². The number of anilines is 1. The van der Waals surface area contributed by atoms with Gasteiger partial charge in [0, 0.05) is 31.5 Å². The fourth-order valence-electron chi connectivity index (χ4n) is 2.69. The highest BCUT2D eigenvalue weighted by Gasteiger charge is 2.43. The van der Waals surface area contributed by atoms with Crippen molar-refractivity contribution in [2.75, 3.05) is 12.4 Å². The van der Waals surface area contributed by atoms with E-state index in [0.717, 1.165) is 6.07 Å². The summed E-state index contributed by atoms with van der Waals surface area (Å²) in [7, 11) is -0.876. The molecule has 2 aromatic rings. The number of amidine groups is 1. The van der Waals surface area contributed by atoms with Gasteiger partial charge in [-0.2, -0.15) is 5.10 Å². The largest absolute Gasteiger partial charge is 0.386 e. The van der Waals surface area contributed by atoms with Gasteiger partial charge in [-0.3, -0.25) is 14.5 Å². The normalized spacial score (nSPS) is 14.0. The first-order valence-electron chi connectivity index (χ1n) is 8.48. The molecule has 0 aliphatic heterocycles. The van der Waals surface area contributed by atoms with E-state index in [1.165, 1.54) is 50.7 Å². The van der Waals surface area contributed by atoms with Gasteiger partial charge in [-0.15, -0.1) is 0 Å². The van der Waals surface area contributed by atoms with Gasteiger partial charge < -0.3 is 11.1 Å². The van der Waals surface area contributed by atoms with E-state index in [-0.39, 0.29) is 22.8 Å². The maximum absolute atomic E-state index is 14.4. The second-order valence-corrected chi connectivity index (χ2v) is 9.69. The number of sulfone groups is 1. The van der Waals surface area contributed by atoms with Crippen LogP contribution in [0, 0.1) is 5.82 Å². The highest BCUT2D eigenvalue weighted by Crippen LogP contribution is 2.34. The van der Waals surface area contributed by atoms with Crippen LogP contribution in [0.3, 0.4) is 0 Å². The van der Waals surface area contributed by atoms with Crippen LogP contribution in [0.5, 0.6) is 0 Å². The number of rotatable bonds is 6. The zero-order chi connectivity index (χ0) is 21.3. The van der Waals surface area contributed by atoms with E-state index in [4.69, 9.17) is 5.73 Å². The third-order valence-electron chi connectivity index (χ3n) is 4.67. The third-order valence-corrected chi connectivity index (χ3v) is 7.49. The Bertz CT molecular complexity index is 1030. The predicted molar refractivity (Wildman–Crippen MR) is 107 cm³/mol. The van der Waals surface area contributed by atoms with E-state index in [9.17, 15) is 17.6 Å². The highest BCUT2D eigenvalue weighted by molar-refractivity contribution is 7.93. The van der Waals surface area contributed by atoms with Gasteiger partial charge in [-0.25, -0.2) is 12.8 Å². The molecule has 0 saturated heterocycles. The van der Waals surface area contributed by atoms with Gasteiger partial charge in [0.2, 0.25) is 0 Å². The van der Waals surface area contributed by atoms with Crippen molar-refractivity contribution in [3.8, 4) is 0 Å². The van der Waals surface area contributed by atoms with Crippen LogP contribution in [0.15, 0.2) is 35.5 Å². The minimum atomic E-state index is -3.94. The Hall–Kier alpha value is -2.75. The molecule has 0 spiro atoms. The van der Waals surface area contributed by atoms with E-state index in [2.05, 4.69) is 15.4 Å². The Morgan fingerprint density at radius 3 is 2.54 bits per heavy atom. The molecule has 1 aromatic heterocycles. The van der Waals surface area contributed by atoms with Crippen molar-refractivity contribution in [1.82, 2.24) is 9.78 Å². The zero-order valence-corrected chi connectivity index (χ0v) is 17.2. The molecule has 0 aliphatic rings. The van der Waals surface area contributed by atoms with Crippen LogP contribution < -0.4 is 11.1 Å². The number of benzene rings is 1. The number of amides is 1. The lowest BCUT2D eigenvalue weighted by Gasteiger charge is -2.28. The van der Waals surface area contributed by atoms with Crippen molar-refractivity contribution in [3.63, 3.8) is 0 Å². The summed E-state index contributed by atoms with van der Waals surface area (Å²) in [4.78, 5) is 16.0. The van der Waals surface area contributed by atoms with Crippen LogP contribution in [-0.4, -0.2) is 41.7 Å². The minimum absolute atomic E-state index is 0.0700. The molecule has 0 bridgehead atoms. The topological polar surface area (TPSA) is 119 Å². The summed E-state index contributed by atoms with van der Waals surface area (Å²) in [5.74, 6) is -1.26. The van der Waals surface area contributed by atoms with Crippen LogP contribution in [-0.2, 0) is 16.9 Å². The van der Waals surface area contributed by atoms with Gasteiger partial charge in [0.25, 0.3) is 5.91 Å². The molecule has 0 aliphatic carbocycles. The number of hydrogen-bond donors (Lipinski definition) is 2. The molecule has 1 atom stereocenters. The van der Waals surface area contributed by atoms with Gasteiger partial charge >= 0.3 is 0 Å². The molecule has 0 radical (unpaired) electrons. The van der Waals surface area contributed by atoms with Gasteiger partial charge in [0.15, 0.2) is 15.5 Å². The molecule has 1 aromatic carbocycles. The number of nitrogens with one attached hydrogen (secondary N) is 1. The quantitative estimate of drug-likeness (QED) is 0.559. The number of carbonyl (C=O) groups excluding carboxylic acids is 1. The standard InChI is InChI=1S/C18H24FN5O3S/c1-11(28(26,27)18(2,3)17(20)21-4)13-10-12(6-7-14(13)19)22-16(25)15-8-9-24(5)23-15/h6-11H,1-5H3,(H2,20,21)(H,22,25). The van der Waals surface area contributed by atoms with Crippen molar-refractivity contribution in [1.29, 1.82) is 0 Å². The SMILES string of the molecule is CN=C(N)C(C)(C)S(=O)(=O)C(C)c1cc(NC(=O)c2ccn(C)n2)ccc1F. The Morgan fingerprint density at radius 1 is 1.36 bits per heavy atom. The number of carbonyl (C=O) groups is 1. The molecule has 2 rings (SSSR count). The Morgan fingerprint density at radius 2 is 2.00 bits per heavy atom. The van der Waals surface area contributed by atoms with Crippen molar-refractivity contribution >= 4 is 27.3 Å². The van der Waals surface area contributed by atoms with Crippen LogP contribution in [0.25, 0.3) is 0 Å². The van der Waals surface area contributed by atoms with Gasteiger partial charge in [-0.05, 0) is 45.0 Å². The molecule has 28 heavy (non-hydrogen) atoms. The van der Waals surface area contributed by atoms with E-state index >= 15 is 0 Å². The first-order chi connectivity index (χ1) is 12.9. The van der Waals surface area contributed by atoms with Crippen molar-refractivity contribution in [2.45, 2.75) is 30.8 Å². The lowest BCUT2D eigenvalue weighted by molar-refractivity contribution is 0.102. The maximum Gasteiger partial charge on any atom is 0.276 e. The van der Waals surface area contributed by atoms with Crippen LogP contribution in [0.4, 0.5) is 10.1 Å². The number of aryl methyl sites for hydroxylation is 1. The van der Waals surface area contributed by atoms with Crippen LogP contribution >= 0.6 is 0 Å². The number of nitrogens with two attached hydrogens (primary N) is 1. The summed E-state index contributed by atoms with van der Waals surface area (Å²) < 4.78 is 40.5. The first-order valence-corrected chi connectivity index (χ1v) is 10.0. The molecule has 1 heterocycles. The molecule has 152 valence electrons. The number of halogens is 1. The molecular formula is C18H24FN5O3S. The smallest absolute Gasteiger partial charge is 0.276 e. The van der Waals surface area contributed by atoms with E-state index in [1.807, 2.05) is 0 Å². The van der Waals surface area contributed by atoms with Crippen LogP contribution in [0.1, 0.15) is 42.1 Å². The molecule has 1 unspecified atom stereocenters. The molecule has 0 fully saturated rings. The summed E-state index contributed by atoms with van der Waals surface area (Å²) in [6.07, 6.45) is 1.61. The monoisotopic (exact) mass is 409 g/mol. The summed E-state index contributed by atoms with van der Waals surface area (Å²) in [6.45, 7) is 4.22. The molecular weight excluding hydrogens is 385 g/mol. The molecule has 1 amide bonds. The van der Waals surface area contributed by atoms with Crippen LogP contribution in [0.2, 0.25) is 0 Å². The Kier molecular flexibility index (Phi) is 5.93.